The van der Waals surface area contributed by atoms with Gasteiger partial charge in [-0.05, 0) is 68.3 Å². The highest BCUT2D eigenvalue weighted by molar-refractivity contribution is 5.99. The zero-order chi connectivity index (χ0) is 59.9. The molecule has 3 aliphatic rings. The summed E-state index contributed by atoms with van der Waals surface area (Å²) in [4.78, 5) is 174. The fourth-order valence-electron chi connectivity index (χ4n) is 10.5. The molecule has 11 atom stereocenters. The summed E-state index contributed by atoms with van der Waals surface area (Å²) in [5.74, 6) is -13.0. The molecule has 0 aromatic heterocycles. The molecule has 24 heteroatoms. The summed E-state index contributed by atoms with van der Waals surface area (Å²) in [7, 11) is 3.88. The second kappa shape index (κ2) is 29.9. The molecule has 1 aromatic rings. The van der Waals surface area contributed by atoms with Gasteiger partial charge in [0.2, 0.25) is 47.3 Å². The molecule has 0 bridgehead atoms. The molecule has 3 fully saturated rings. The van der Waals surface area contributed by atoms with Crippen LogP contribution in [0.4, 0.5) is 0 Å². The van der Waals surface area contributed by atoms with E-state index < -0.39 is 181 Å². The third kappa shape index (κ3) is 16.7. The number of rotatable bonds is 14. The van der Waals surface area contributed by atoms with Gasteiger partial charge < -0.3 is 60.7 Å². The molecule has 0 radical (unpaired) electrons. The number of aliphatic carboxylic acids is 2. The standard InChI is InChI=1S/C56H85N9O15/c1-12-33(7)45-54(77)65-28-18-22-39(65)50(73)59-44(31(3)4)53(76)62(10)40(24-26-43(69)70)56(79)80-47(34(8)13-2)51(74)58-36(29-35-19-15-14-16-20-35)52(75)64-27-17-21-38(64)48(71)57-30-41(66)63(11)46(32(5)6)55(78)61(9)37(49(72)60-45)23-25-42(67)68/h14-16,19-20,31-34,36-40,44-47H,12-13,17-18,21-30H2,1-11H3,(H,57,71)(H,58,74)(H,59,73)(H,60,72)(H,67,68)(H,69,70)/t33-,34?,36-,37-,38-,39-,40-,44-,45-,46-,47-/m0/s1. The van der Waals surface area contributed by atoms with E-state index in [2.05, 4.69) is 21.3 Å². The molecule has 6 N–H and O–H groups in total. The lowest BCUT2D eigenvalue weighted by atomic mass is 9.95. The van der Waals surface area contributed by atoms with Crippen LogP contribution in [-0.2, 0) is 68.7 Å². The van der Waals surface area contributed by atoms with Crippen LogP contribution in [0.3, 0.4) is 0 Å². The Morgan fingerprint density at radius 3 is 1.66 bits per heavy atom. The number of likely N-dealkylation sites (N-methyl/N-ethyl adjacent to an activating group) is 3. The highest BCUT2D eigenvalue weighted by atomic mass is 16.6. The first-order chi connectivity index (χ1) is 37.7. The van der Waals surface area contributed by atoms with Crippen molar-refractivity contribution in [3.8, 4) is 0 Å². The van der Waals surface area contributed by atoms with Gasteiger partial charge in [-0.25, -0.2) is 4.79 Å². The number of carbonyl (C=O) groups excluding carboxylic acids is 10. The number of esters is 1. The predicted octanol–water partition coefficient (Wildman–Crippen LogP) is 1.32. The van der Waals surface area contributed by atoms with Crippen molar-refractivity contribution in [2.45, 2.75) is 180 Å². The van der Waals surface area contributed by atoms with Gasteiger partial charge in [0.1, 0.15) is 48.3 Å². The number of hydrogen-bond donors (Lipinski definition) is 6. The first-order valence-electron chi connectivity index (χ1n) is 27.9. The van der Waals surface area contributed by atoms with Crippen molar-refractivity contribution in [2.24, 2.45) is 23.7 Å². The van der Waals surface area contributed by atoms with Crippen LogP contribution >= 0.6 is 0 Å². The summed E-state index contributed by atoms with van der Waals surface area (Å²) in [5, 5.41) is 30.4. The van der Waals surface area contributed by atoms with Crippen molar-refractivity contribution < 1.29 is 72.5 Å². The molecule has 1 unspecified atom stereocenters. The maximum absolute atomic E-state index is 14.7. The van der Waals surface area contributed by atoms with Crippen molar-refractivity contribution >= 4 is 71.1 Å². The summed E-state index contributed by atoms with van der Waals surface area (Å²) in [6.45, 7) is 13.0. The maximum Gasteiger partial charge on any atom is 0.329 e. The molecule has 3 heterocycles. The average molecular weight is 1120 g/mol. The van der Waals surface area contributed by atoms with Gasteiger partial charge in [-0.1, -0.05) is 92.1 Å². The molecule has 444 valence electrons. The van der Waals surface area contributed by atoms with Crippen LogP contribution in [0.25, 0.3) is 0 Å². The smallest absolute Gasteiger partial charge is 0.329 e. The minimum Gasteiger partial charge on any atom is -0.481 e. The fourth-order valence-corrected chi connectivity index (χ4v) is 10.5. The molecule has 24 nitrogen and oxygen atoms in total. The molecular formula is C56H85N9O15. The van der Waals surface area contributed by atoms with E-state index in [0.29, 0.717) is 24.8 Å². The van der Waals surface area contributed by atoms with Crippen LogP contribution in [-0.4, -0.2) is 201 Å². The monoisotopic (exact) mass is 1120 g/mol. The number of carboxylic acid groups (broad SMARTS) is 2. The number of amides is 9. The molecule has 80 heavy (non-hydrogen) atoms. The number of nitrogens with zero attached hydrogens (tertiary/aromatic N) is 5. The van der Waals surface area contributed by atoms with Crippen LogP contribution < -0.4 is 21.3 Å². The van der Waals surface area contributed by atoms with Crippen LogP contribution in [0.2, 0.25) is 0 Å². The molecule has 9 amide bonds. The van der Waals surface area contributed by atoms with E-state index in [1.165, 1.54) is 30.9 Å². The molecule has 4 rings (SSSR count). The van der Waals surface area contributed by atoms with E-state index in [-0.39, 0.29) is 38.8 Å². The molecule has 3 aliphatic heterocycles. The zero-order valence-corrected chi connectivity index (χ0v) is 48.2. The summed E-state index contributed by atoms with van der Waals surface area (Å²) in [6, 6.07) is -1.85. The lowest BCUT2D eigenvalue weighted by molar-refractivity contribution is -0.167. The SMILES string of the molecule is CCC(C)[C@@H]1OC(=O)[C@H](CCC(=O)O)N(C)C(=O)[C@H](C(C)C)NC(=O)[C@@H]2CCCN2C(=O)[C@H]([C@@H](C)CC)NC(=O)[C@H](CCC(=O)O)N(C)C(=O)[C@H](C(C)C)N(C)C(=O)CNC(=O)[C@@H]2CCCN2C(=O)[C@H](Cc2ccccc2)NC1=O. The molecular weight excluding hydrogens is 1040 g/mol. The van der Waals surface area contributed by atoms with Crippen LogP contribution in [0.15, 0.2) is 30.3 Å². The summed E-state index contributed by atoms with van der Waals surface area (Å²) >= 11 is 0. The summed E-state index contributed by atoms with van der Waals surface area (Å²) < 4.78 is 5.95. The molecule has 1 aromatic carbocycles. The predicted molar refractivity (Wildman–Crippen MR) is 290 cm³/mol. The number of benzene rings is 1. The lowest BCUT2D eigenvalue weighted by Gasteiger charge is -2.37. The van der Waals surface area contributed by atoms with Crippen molar-refractivity contribution in [1.29, 1.82) is 0 Å². The van der Waals surface area contributed by atoms with Gasteiger partial charge in [0, 0.05) is 59.4 Å². The Morgan fingerprint density at radius 2 is 1.12 bits per heavy atom. The minimum atomic E-state index is -1.61. The lowest BCUT2D eigenvalue weighted by Crippen LogP contribution is -2.61. The highest BCUT2D eigenvalue weighted by Gasteiger charge is 2.45. The summed E-state index contributed by atoms with van der Waals surface area (Å²) in [6.07, 6.45) is -1.98. The van der Waals surface area contributed by atoms with Gasteiger partial charge in [0.15, 0.2) is 6.10 Å². The second-order valence-electron chi connectivity index (χ2n) is 22.2. The van der Waals surface area contributed by atoms with E-state index in [4.69, 9.17) is 4.74 Å². The van der Waals surface area contributed by atoms with Gasteiger partial charge in [-0.3, -0.25) is 52.7 Å². The normalized spacial score (nSPS) is 27.0. The first-order valence-corrected chi connectivity index (χ1v) is 27.9. The number of nitrogens with one attached hydrogen (secondary N) is 4. The zero-order valence-electron chi connectivity index (χ0n) is 48.2. The number of cyclic esters (lactones) is 1. The fraction of sp³-hybridized carbons (Fsp3) is 0.679. The second-order valence-corrected chi connectivity index (χ2v) is 22.2. The van der Waals surface area contributed by atoms with E-state index in [1.54, 1.807) is 85.7 Å². The maximum atomic E-state index is 14.7. The third-order valence-corrected chi connectivity index (χ3v) is 15.8. The Bertz CT molecular complexity index is 2420. The molecule has 0 spiro atoms. The van der Waals surface area contributed by atoms with Crippen LogP contribution in [0.5, 0.6) is 0 Å². The Balaban J connectivity index is 1.86. The van der Waals surface area contributed by atoms with Crippen molar-refractivity contribution in [3.63, 3.8) is 0 Å². The van der Waals surface area contributed by atoms with Gasteiger partial charge in [0.05, 0.1) is 6.54 Å². The average Bonchev–Trinajstić information content (AvgIpc) is 4.12. The van der Waals surface area contributed by atoms with Gasteiger partial charge in [-0.15, -0.1) is 0 Å². The number of carboxylic acids is 2. The van der Waals surface area contributed by atoms with Crippen LogP contribution in [0.1, 0.15) is 125 Å². The van der Waals surface area contributed by atoms with E-state index in [9.17, 15) is 67.7 Å². The quantitative estimate of drug-likeness (QED) is 0.143. The van der Waals surface area contributed by atoms with Gasteiger partial charge in [-0.2, -0.15) is 0 Å². The van der Waals surface area contributed by atoms with Crippen molar-refractivity contribution in [2.75, 3.05) is 40.8 Å². The van der Waals surface area contributed by atoms with E-state index >= 15 is 0 Å². The Labute approximate surface area is 468 Å². The molecule has 0 aliphatic carbocycles. The Kier molecular flexibility index (Phi) is 24.4. The highest BCUT2D eigenvalue weighted by Crippen LogP contribution is 2.26. The van der Waals surface area contributed by atoms with E-state index in [1.807, 2.05) is 0 Å². The third-order valence-electron chi connectivity index (χ3n) is 15.8. The van der Waals surface area contributed by atoms with Gasteiger partial charge in [0.25, 0.3) is 5.91 Å². The Morgan fingerprint density at radius 1 is 0.600 bits per heavy atom. The van der Waals surface area contributed by atoms with E-state index in [0.717, 1.165) is 14.7 Å². The van der Waals surface area contributed by atoms with Gasteiger partial charge >= 0.3 is 17.9 Å². The first kappa shape index (κ1) is 65.4. The van der Waals surface area contributed by atoms with Crippen LogP contribution in [0, 0.1) is 23.7 Å². The molecule has 3 saturated heterocycles. The largest absolute Gasteiger partial charge is 0.481 e. The van der Waals surface area contributed by atoms with Crippen molar-refractivity contribution in [1.82, 2.24) is 45.8 Å². The summed E-state index contributed by atoms with van der Waals surface area (Å²) in [5.41, 5.74) is 0.631. The minimum absolute atomic E-state index is 0.0649. The number of hydrogen-bond acceptors (Lipinski definition) is 13. The number of fused-ring (bicyclic) bond motifs is 2. The molecule has 0 saturated carbocycles. The Hall–Kier alpha value is -7.14. The van der Waals surface area contributed by atoms with Crippen molar-refractivity contribution in [3.05, 3.63) is 35.9 Å². The number of ether oxygens (including phenoxy) is 1. The number of carbonyl (C=O) groups is 12. The topological polar surface area (TPSA) is 319 Å².